The second-order valence-electron chi connectivity index (χ2n) is 11.8. The van der Waals surface area contributed by atoms with Crippen molar-refractivity contribution in [2.75, 3.05) is 45.9 Å². The maximum absolute atomic E-state index is 13.4. The van der Waals surface area contributed by atoms with Crippen molar-refractivity contribution in [3.05, 3.63) is 42.1 Å². The smallest absolute Gasteiger partial charge is 0.407 e. The molecule has 3 fully saturated rings. The second kappa shape index (κ2) is 15.1. The minimum Gasteiger partial charge on any atom is -0.467 e. The average molecular weight is 640 g/mol. The second-order valence-corrected chi connectivity index (χ2v) is 11.8. The van der Waals surface area contributed by atoms with Crippen molar-refractivity contribution in [2.45, 2.75) is 63.1 Å². The zero-order valence-electron chi connectivity index (χ0n) is 25.7. The first-order chi connectivity index (χ1) is 22.2. The van der Waals surface area contributed by atoms with E-state index < -0.39 is 24.1 Å². The molecule has 4 N–H and O–H groups in total. The maximum Gasteiger partial charge on any atom is 0.407 e. The van der Waals surface area contributed by atoms with Crippen molar-refractivity contribution >= 4 is 29.7 Å². The van der Waals surface area contributed by atoms with E-state index in [0.29, 0.717) is 25.1 Å². The molecule has 1 aromatic carbocycles. The van der Waals surface area contributed by atoms with E-state index in [1.165, 1.54) is 20.5 Å². The van der Waals surface area contributed by atoms with E-state index in [1.54, 1.807) is 29.2 Å². The topological polar surface area (TPSA) is 187 Å². The molecule has 1 aromatic heterocycles. The van der Waals surface area contributed by atoms with Crippen LogP contribution >= 0.6 is 0 Å². The van der Waals surface area contributed by atoms with Crippen molar-refractivity contribution in [2.24, 2.45) is 0 Å². The first-order valence-corrected chi connectivity index (χ1v) is 15.8. The zero-order valence-corrected chi connectivity index (χ0v) is 25.7. The highest BCUT2D eigenvalue weighted by molar-refractivity contribution is 5.96. The first-order valence-electron chi connectivity index (χ1n) is 15.8. The Bertz CT molecular complexity index is 1400. The molecule has 15 nitrogen and oxygen atoms in total. The van der Waals surface area contributed by atoms with Gasteiger partial charge in [0.2, 0.25) is 17.7 Å². The van der Waals surface area contributed by atoms with Crippen LogP contribution < -0.4 is 15.4 Å². The minimum absolute atomic E-state index is 0.0530. The van der Waals surface area contributed by atoms with E-state index in [2.05, 4.69) is 15.7 Å². The number of hydrogen-bond acceptors (Lipinski definition) is 8. The van der Waals surface area contributed by atoms with E-state index in [1.807, 2.05) is 6.07 Å². The summed E-state index contributed by atoms with van der Waals surface area (Å²) in [5.74, 6) is -1.40. The van der Waals surface area contributed by atoms with Gasteiger partial charge < -0.3 is 40.3 Å². The third-order valence-electron chi connectivity index (χ3n) is 8.70. The largest absolute Gasteiger partial charge is 0.467 e. The Morgan fingerprint density at radius 2 is 1.67 bits per heavy atom. The maximum atomic E-state index is 13.4. The molecular weight excluding hydrogens is 598 g/mol. The van der Waals surface area contributed by atoms with Crippen molar-refractivity contribution in [1.29, 1.82) is 0 Å². The monoisotopic (exact) mass is 639 g/mol. The van der Waals surface area contributed by atoms with E-state index >= 15 is 0 Å². The number of hydrogen-bond donors (Lipinski definition) is 4. The number of rotatable bonds is 12. The molecular formula is C31H41N7O8. The minimum atomic E-state index is -1.05. The van der Waals surface area contributed by atoms with Crippen LogP contribution in [0.2, 0.25) is 0 Å². The summed E-state index contributed by atoms with van der Waals surface area (Å²) in [5, 5.41) is 28.8. The van der Waals surface area contributed by atoms with Gasteiger partial charge in [0, 0.05) is 51.4 Å². The number of carboxylic acid groups (broad SMARTS) is 1. The highest BCUT2D eigenvalue weighted by atomic mass is 16.5. The zero-order chi connectivity index (χ0) is 32.6. The van der Waals surface area contributed by atoms with Crippen molar-refractivity contribution < 1.29 is 38.9 Å². The normalized spacial score (nSPS) is 18.9. The summed E-state index contributed by atoms with van der Waals surface area (Å²) in [7, 11) is 0. The molecule has 15 heteroatoms. The molecule has 5 rings (SSSR count). The summed E-state index contributed by atoms with van der Waals surface area (Å²) >= 11 is 0. The van der Waals surface area contributed by atoms with E-state index in [-0.39, 0.29) is 87.6 Å². The third kappa shape index (κ3) is 7.76. The number of carbonyl (C=O) groups excluding carboxylic acids is 4. The predicted molar refractivity (Wildman–Crippen MR) is 163 cm³/mol. The predicted octanol–water partition coefficient (Wildman–Crippen LogP) is 0.604. The molecule has 0 unspecified atom stereocenters. The van der Waals surface area contributed by atoms with Crippen LogP contribution in [0, 0.1) is 0 Å². The summed E-state index contributed by atoms with van der Waals surface area (Å²) in [5.41, 5.74) is 0.523. The number of aliphatic hydroxyl groups is 1. The Hall–Kier alpha value is -4.66. The Morgan fingerprint density at radius 3 is 2.33 bits per heavy atom. The lowest BCUT2D eigenvalue weighted by atomic mass is 9.93. The van der Waals surface area contributed by atoms with Crippen LogP contribution in [0.3, 0.4) is 0 Å². The molecule has 46 heavy (non-hydrogen) atoms. The molecule has 1 aliphatic carbocycles. The fourth-order valence-electron chi connectivity index (χ4n) is 5.86. The number of likely N-dealkylation sites (tertiary alicyclic amines) is 1. The number of benzene rings is 1. The molecule has 2 aromatic rings. The number of para-hydroxylation sites is 1. The van der Waals surface area contributed by atoms with E-state index in [9.17, 15) is 34.2 Å². The molecule has 248 valence electrons. The summed E-state index contributed by atoms with van der Waals surface area (Å²) in [6.07, 6.45) is 3.67. The lowest BCUT2D eigenvalue weighted by Crippen LogP contribution is -2.55. The summed E-state index contributed by atoms with van der Waals surface area (Å²) in [6.45, 7) is 0.591. The molecule has 3 heterocycles. The van der Waals surface area contributed by atoms with Gasteiger partial charge >= 0.3 is 6.09 Å². The molecule has 0 radical (unpaired) electrons. The van der Waals surface area contributed by atoms with Gasteiger partial charge in [-0.3, -0.25) is 19.2 Å². The molecule has 3 aliphatic rings. The highest BCUT2D eigenvalue weighted by Crippen LogP contribution is 2.24. The Kier molecular flexibility index (Phi) is 10.7. The number of ether oxygens (including phenoxy) is 1. The van der Waals surface area contributed by atoms with Gasteiger partial charge in [-0.25, -0.2) is 9.48 Å². The van der Waals surface area contributed by atoms with Crippen LogP contribution in [0.25, 0.3) is 5.69 Å². The molecule has 2 atom stereocenters. The van der Waals surface area contributed by atoms with Gasteiger partial charge in [-0.1, -0.05) is 18.2 Å². The van der Waals surface area contributed by atoms with Crippen LogP contribution in [-0.4, -0.2) is 128 Å². The van der Waals surface area contributed by atoms with Crippen LogP contribution in [0.5, 0.6) is 5.88 Å². The molecule has 2 saturated heterocycles. The Labute approximate surface area is 266 Å². The number of piperazine rings is 1. The number of carbonyl (C=O) groups is 5. The van der Waals surface area contributed by atoms with Gasteiger partial charge in [-0.05, 0) is 57.1 Å². The Balaban J connectivity index is 1.27. The number of nitrogens with zero attached hydrogens (tertiary/aromatic N) is 5. The fraction of sp³-hybridized carbons (Fsp3) is 0.548. The van der Waals surface area contributed by atoms with Crippen molar-refractivity contribution in [3.8, 4) is 11.6 Å². The SMILES string of the molecule is O=C(N[C@@H](CCCO)C(=O)N1CCN(C(=O)O)CC1)c1cc(OCC(=O)N2CCC[C@H]2C(=O)NC2CCC2)n(-c2ccccc2)n1. The molecule has 5 amide bonds. The summed E-state index contributed by atoms with van der Waals surface area (Å²) < 4.78 is 7.31. The van der Waals surface area contributed by atoms with Gasteiger partial charge in [0.25, 0.3) is 11.8 Å². The van der Waals surface area contributed by atoms with Crippen LogP contribution in [0.4, 0.5) is 4.79 Å². The quantitative estimate of drug-likeness (QED) is 0.258. The average Bonchev–Trinajstić information content (AvgIpc) is 3.72. The number of aliphatic hydroxyl groups excluding tert-OH is 1. The first kappa shape index (κ1) is 32.7. The van der Waals surface area contributed by atoms with E-state index in [0.717, 1.165) is 19.3 Å². The lowest BCUT2D eigenvalue weighted by molar-refractivity contribution is -0.140. The molecule has 1 saturated carbocycles. The van der Waals surface area contributed by atoms with Crippen molar-refractivity contribution in [1.82, 2.24) is 35.1 Å². The Morgan fingerprint density at radius 1 is 0.957 bits per heavy atom. The van der Waals surface area contributed by atoms with Gasteiger partial charge in [-0.2, -0.15) is 5.10 Å². The highest BCUT2D eigenvalue weighted by Gasteiger charge is 2.36. The third-order valence-corrected chi connectivity index (χ3v) is 8.70. The van der Waals surface area contributed by atoms with Crippen LogP contribution in [0.15, 0.2) is 36.4 Å². The van der Waals surface area contributed by atoms with Gasteiger partial charge in [-0.15, -0.1) is 0 Å². The molecule has 2 aliphatic heterocycles. The molecule has 0 bridgehead atoms. The van der Waals surface area contributed by atoms with Crippen LogP contribution in [-0.2, 0) is 14.4 Å². The van der Waals surface area contributed by atoms with Crippen LogP contribution in [0.1, 0.15) is 55.4 Å². The summed E-state index contributed by atoms with van der Waals surface area (Å²) in [6, 6.07) is 8.96. The fourth-order valence-corrected chi connectivity index (χ4v) is 5.86. The van der Waals surface area contributed by atoms with Gasteiger partial charge in [0.15, 0.2) is 12.3 Å². The number of amides is 5. The standard InChI is InChI=1S/C31H41N7O8/c39-18-6-11-23(30(43)35-14-16-36(17-15-35)31(44)45)33-28(41)24-19-27(38(34-24)22-9-2-1-3-10-22)46-20-26(40)37-13-5-12-25(37)29(42)32-21-7-4-8-21/h1-3,9-10,19,21,23,25,39H,4-8,11-18,20H2,(H,32,42)(H,33,41)(H,44,45)/t23-,25-/m0/s1. The van der Waals surface area contributed by atoms with E-state index in [4.69, 9.17) is 4.74 Å². The summed E-state index contributed by atoms with van der Waals surface area (Å²) in [4.78, 5) is 68.4. The number of nitrogens with one attached hydrogen (secondary N) is 2. The molecule has 0 spiro atoms. The lowest BCUT2D eigenvalue weighted by Gasteiger charge is -2.35. The van der Waals surface area contributed by atoms with Crippen molar-refractivity contribution in [3.63, 3.8) is 0 Å². The van der Waals surface area contributed by atoms with Gasteiger partial charge in [0.1, 0.15) is 12.1 Å². The number of aromatic nitrogens is 2. The van der Waals surface area contributed by atoms with Gasteiger partial charge in [0.05, 0.1) is 5.69 Å².